The van der Waals surface area contributed by atoms with Crippen LogP contribution >= 0.6 is 0 Å². The zero-order valence-corrected chi connectivity index (χ0v) is 14.2. The number of hydrogen-bond acceptors (Lipinski definition) is 2. The molecule has 1 aromatic heterocycles. The van der Waals surface area contributed by atoms with Crippen molar-refractivity contribution in [3.05, 3.63) is 103 Å². The normalized spacial score (nSPS) is 12.6. The van der Waals surface area contributed by atoms with E-state index in [1.54, 1.807) is 6.08 Å². The first-order chi connectivity index (χ1) is 12.4. The Morgan fingerprint density at radius 1 is 0.808 bits per heavy atom. The Morgan fingerprint density at radius 3 is 1.96 bits per heavy atom. The highest BCUT2D eigenvalue weighted by Crippen LogP contribution is 2.09. The van der Waals surface area contributed by atoms with Crippen molar-refractivity contribution in [2.45, 2.75) is 0 Å². The Labute approximate surface area is 147 Å². The summed E-state index contributed by atoms with van der Waals surface area (Å²) in [5.41, 5.74) is -0.0538. The molecule has 0 unspecified atom stereocenters. The van der Waals surface area contributed by atoms with Crippen molar-refractivity contribution >= 4 is 12.2 Å². The molecule has 0 bridgehead atoms. The maximum atomic E-state index is 13.9. The molecule has 0 saturated carbocycles. The molecule has 3 rings (SSSR count). The second kappa shape index (κ2) is 6.92. The zero-order chi connectivity index (χ0) is 18.8. The predicted molar refractivity (Wildman–Crippen MR) is 96.1 cm³/mol. The molecule has 1 heterocycles. The van der Waals surface area contributed by atoms with E-state index < -0.39 is 22.8 Å². The van der Waals surface area contributed by atoms with E-state index in [0.717, 1.165) is 17.7 Å². The van der Waals surface area contributed by atoms with Gasteiger partial charge in [0.15, 0.2) is 0 Å². The number of rotatable bonds is 2. The third-order valence-electron chi connectivity index (χ3n) is 4.13. The van der Waals surface area contributed by atoms with Crippen LogP contribution in [0.3, 0.4) is 0 Å². The van der Waals surface area contributed by atoms with Crippen molar-refractivity contribution < 1.29 is 8.78 Å². The summed E-state index contributed by atoms with van der Waals surface area (Å²) >= 11 is 0. The highest BCUT2D eigenvalue weighted by molar-refractivity contribution is 5.50. The summed E-state index contributed by atoms with van der Waals surface area (Å²) in [6.45, 7) is 0. The molecule has 0 aliphatic heterocycles. The molecule has 0 radical (unpaired) electrons. The molecule has 26 heavy (non-hydrogen) atoms. The molecule has 0 atom stereocenters. The molecule has 6 heteroatoms. The van der Waals surface area contributed by atoms with Gasteiger partial charge in [-0.05, 0) is 29.8 Å². The van der Waals surface area contributed by atoms with Gasteiger partial charge in [-0.15, -0.1) is 0 Å². The van der Waals surface area contributed by atoms with Crippen LogP contribution in [0, 0.1) is 11.6 Å². The molecule has 0 fully saturated rings. The Kier molecular flexibility index (Phi) is 4.67. The Bertz CT molecular complexity index is 1210. The summed E-state index contributed by atoms with van der Waals surface area (Å²) < 4.78 is 29.3. The van der Waals surface area contributed by atoms with Gasteiger partial charge < -0.3 is 9.13 Å². The SMILES string of the molecule is Cn1c(=O)c(=Cc2ccc(F)cc2F)n(C)c(=O)c1=Cc1ccccc1. The van der Waals surface area contributed by atoms with Crippen LogP contribution < -0.4 is 21.8 Å². The number of aromatic nitrogens is 2. The third kappa shape index (κ3) is 3.26. The van der Waals surface area contributed by atoms with Gasteiger partial charge >= 0.3 is 0 Å². The van der Waals surface area contributed by atoms with Gasteiger partial charge in [0.25, 0.3) is 11.1 Å². The molecule has 3 aromatic rings. The lowest BCUT2D eigenvalue weighted by Gasteiger charge is -2.05. The lowest BCUT2D eigenvalue weighted by molar-refractivity contribution is 0.581. The summed E-state index contributed by atoms with van der Waals surface area (Å²) in [6, 6.07) is 12.2. The van der Waals surface area contributed by atoms with Gasteiger partial charge in [-0.3, -0.25) is 9.59 Å². The fraction of sp³-hybridized carbons (Fsp3) is 0.100. The third-order valence-corrected chi connectivity index (χ3v) is 4.13. The molecule has 0 aliphatic carbocycles. The van der Waals surface area contributed by atoms with Crippen LogP contribution in [-0.2, 0) is 14.1 Å². The first-order valence-electron chi connectivity index (χ1n) is 7.88. The summed E-state index contributed by atoms with van der Waals surface area (Å²) in [5, 5.41) is 0.216. The van der Waals surface area contributed by atoms with E-state index in [-0.39, 0.29) is 16.3 Å². The van der Waals surface area contributed by atoms with Crippen LogP contribution in [0.4, 0.5) is 8.78 Å². The van der Waals surface area contributed by atoms with Crippen molar-refractivity contribution in [1.82, 2.24) is 9.13 Å². The first kappa shape index (κ1) is 17.5. The van der Waals surface area contributed by atoms with Crippen LogP contribution in [0.2, 0.25) is 0 Å². The number of hydrogen-bond donors (Lipinski definition) is 0. The van der Waals surface area contributed by atoms with Gasteiger partial charge in [-0.1, -0.05) is 30.3 Å². The van der Waals surface area contributed by atoms with E-state index in [4.69, 9.17) is 0 Å². The summed E-state index contributed by atoms with van der Waals surface area (Å²) in [6.07, 6.45) is 2.86. The number of halogens is 2. The summed E-state index contributed by atoms with van der Waals surface area (Å²) in [5.74, 6) is -1.52. The second-order valence-electron chi connectivity index (χ2n) is 5.86. The van der Waals surface area contributed by atoms with Gasteiger partial charge in [-0.2, -0.15) is 0 Å². The van der Waals surface area contributed by atoms with E-state index >= 15 is 0 Å². The Morgan fingerprint density at radius 2 is 1.38 bits per heavy atom. The number of benzene rings is 2. The minimum absolute atomic E-state index is 0.00761. The summed E-state index contributed by atoms with van der Waals surface area (Å²) in [4.78, 5) is 25.4. The summed E-state index contributed by atoms with van der Waals surface area (Å²) in [7, 11) is 2.93. The largest absolute Gasteiger partial charge is 0.305 e. The fourth-order valence-electron chi connectivity index (χ4n) is 2.64. The molecular formula is C20H16F2N2O2. The van der Waals surface area contributed by atoms with Crippen LogP contribution in [-0.4, -0.2) is 9.13 Å². The molecular weight excluding hydrogens is 338 g/mol. The van der Waals surface area contributed by atoms with Crippen LogP contribution in [0.1, 0.15) is 11.1 Å². The highest BCUT2D eigenvalue weighted by Gasteiger charge is 2.07. The molecule has 4 nitrogen and oxygen atoms in total. The second-order valence-corrected chi connectivity index (χ2v) is 5.86. The average Bonchev–Trinajstić information content (AvgIpc) is 2.63. The van der Waals surface area contributed by atoms with Gasteiger partial charge in [0, 0.05) is 25.7 Å². The van der Waals surface area contributed by atoms with Gasteiger partial charge in [0.1, 0.15) is 22.3 Å². The molecule has 132 valence electrons. The number of nitrogens with zero attached hydrogens (tertiary/aromatic N) is 2. The molecule has 0 N–H and O–H groups in total. The zero-order valence-electron chi connectivity index (χ0n) is 14.2. The van der Waals surface area contributed by atoms with Crippen molar-refractivity contribution in [2.75, 3.05) is 0 Å². The van der Waals surface area contributed by atoms with E-state index in [1.807, 2.05) is 30.3 Å². The van der Waals surface area contributed by atoms with Gasteiger partial charge in [-0.25, -0.2) is 8.78 Å². The van der Waals surface area contributed by atoms with E-state index in [9.17, 15) is 18.4 Å². The van der Waals surface area contributed by atoms with E-state index in [1.165, 1.54) is 35.4 Å². The Hall–Kier alpha value is -3.28. The average molecular weight is 354 g/mol. The fourth-order valence-corrected chi connectivity index (χ4v) is 2.64. The molecule has 2 aromatic carbocycles. The molecule has 0 aliphatic rings. The minimum Gasteiger partial charge on any atom is -0.305 e. The lowest BCUT2D eigenvalue weighted by atomic mass is 10.2. The monoisotopic (exact) mass is 354 g/mol. The highest BCUT2D eigenvalue weighted by atomic mass is 19.1. The maximum absolute atomic E-state index is 13.9. The minimum atomic E-state index is -0.806. The van der Waals surface area contributed by atoms with Crippen LogP contribution in [0.25, 0.3) is 12.2 Å². The standard InChI is InChI=1S/C20H16F2N2O2/c1-23-17(10-13-6-4-3-5-7-13)19(25)24(2)18(20(23)26)11-14-8-9-15(21)12-16(14)22/h3-12H,1-2H3. The quantitative estimate of drug-likeness (QED) is 0.690. The van der Waals surface area contributed by atoms with Crippen molar-refractivity contribution in [1.29, 1.82) is 0 Å². The van der Waals surface area contributed by atoms with Crippen LogP contribution in [0.15, 0.2) is 58.1 Å². The van der Waals surface area contributed by atoms with Crippen molar-refractivity contribution in [3.63, 3.8) is 0 Å². The topological polar surface area (TPSA) is 44.0 Å². The van der Waals surface area contributed by atoms with Gasteiger partial charge in [0.05, 0.1) is 0 Å². The smallest absolute Gasteiger partial charge is 0.274 e. The Balaban J connectivity index is 2.32. The maximum Gasteiger partial charge on any atom is 0.274 e. The van der Waals surface area contributed by atoms with Gasteiger partial charge in [0.2, 0.25) is 0 Å². The predicted octanol–water partition coefficient (Wildman–Crippen LogP) is 1.02. The lowest BCUT2D eigenvalue weighted by Crippen LogP contribution is -2.56. The molecule has 0 amide bonds. The molecule has 0 saturated heterocycles. The van der Waals surface area contributed by atoms with E-state index in [0.29, 0.717) is 0 Å². The van der Waals surface area contributed by atoms with E-state index in [2.05, 4.69) is 0 Å². The van der Waals surface area contributed by atoms with Crippen LogP contribution in [0.5, 0.6) is 0 Å². The van der Waals surface area contributed by atoms with Crippen molar-refractivity contribution in [2.24, 2.45) is 14.1 Å². The first-order valence-corrected chi connectivity index (χ1v) is 7.88. The molecule has 0 spiro atoms. The van der Waals surface area contributed by atoms with Crippen molar-refractivity contribution in [3.8, 4) is 0 Å².